The molecule has 4 nitrogen and oxygen atoms in total. The third-order valence-corrected chi connectivity index (χ3v) is 3.13. The number of benzene rings is 1. The van der Waals surface area contributed by atoms with Gasteiger partial charge in [-0.3, -0.25) is 4.79 Å². The van der Waals surface area contributed by atoms with E-state index in [1.807, 2.05) is 24.3 Å². The van der Waals surface area contributed by atoms with Crippen molar-refractivity contribution in [2.45, 2.75) is 25.9 Å². The Kier molecular flexibility index (Phi) is 3.46. The Bertz CT molecular complexity index is 508. The second-order valence-corrected chi connectivity index (χ2v) is 4.29. The molecule has 1 aliphatic heterocycles. The molecule has 18 heavy (non-hydrogen) atoms. The van der Waals surface area contributed by atoms with Gasteiger partial charge in [0.25, 0.3) is 0 Å². The number of amides is 1. The van der Waals surface area contributed by atoms with Gasteiger partial charge in [0.1, 0.15) is 6.04 Å². The SMILES string of the molecule is CC=CC(=O)N1Cc2ccccc2C[C@@H]1C(=O)O. The second-order valence-electron chi connectivity index (χ2n) is 4.29. The highest BCUT2D eigenvalue weighted by Gasteiger charge is 2.33. The van der Waals surface area contributed by atoms with Crippen molar-refractivity contribution in [2.75, 3.05) is 0 Å². The first kappa shape index (κ1) is 12.4. The minimum absolute atomic E-state index is 0.251. The van der Waals surface area contributed by atoms with Crippen molar-refractivity contribution in [3.8, 4) is 0 Å². The van der Waals surface area contributed by atoms with Crippen LogP contribution >= 0.6 is 0 Å². The van der Waals surface area contributed by atoms with E-state index in [9.17, 15) is 14.7 Å². The van der Waals surface area contributed by atoms with Crippen LogP contribution in [-0.2, 0) is 22.6 Å². The average molecular weight is 245 g/mol. The molecule has 0 fully saturated rings. The molecule has 2 rings (SSSR count). The summed E-state index contributed by atoms with van der Waals surface area (Å²) in [7, 11) is 0. The number of fused-ring (bicyclic) bond motifs is 1. The summed E-state index contributed by atoms with van der Waals surface area (Å²) in [5.74, 6) is -1.21. The lowest BCUT2D eigenvalue weighted by molar-refractivity contribution is -0.149. The summed E-state index contributed by atoms with van der Waals surface area (Å²) >= 11 is 0. The van der Waals surface area contributed by atoms with Crippen molar-refractivity contribution >= 4 is 11.9 Å². The van der Waals surface area contributed by atoms with Crippen LogP contribution in [-0.4, -0.2) is 27.9 Å². The molecule has 0 spiro atoms. The molecular weight excluding hydrogens is 230 g/mol. The van der Waals surface area contributed by atoms with E-state index in [1.54, 1.807) is 13.0 Å². The largest absolute Gasteiger partial charge is 0.480 e. The smallest absolute Gasteiger partial charge is 0.326 e. The molecule has 1 aromatic carbocycles. The van der Waals surface area contributed by atoms with Gasteiger partial charge in [0.2, 0.25) is 5.91 Å². The van der Waals surface area contributed by atoms with Crippen molar-refractivity contribution in [1.29, 1.82) is 0 Å². The fourth-order valence-corrected chi connectivity index (χ4v) is 2.21. The quantitative estimate of drug-likeness (QED) is 0.805. The number of rotatable bonds is 2. The summed E-state index contributed by atoms with van der Waals surface area (Å²) in [4.78, 5) is 24.6. The van der Waals surface area contributed by atoms with Crippen molar-refractivity contribution in [3.05, 3.63) is 47.5 Å². The van der Waals surface area contributed by atoms with E-state index >= 15 is 0 Å². The Morgan fingerprint density at radius 2 is 2.00 bits per heavy atom. The van der Waals surface area contributed by atoms with Crippen LogP contribution in [0.4, 0.5) is 0 Å². The molecule has 1 heterocycles. The monoisotopic (exact) mass is 245 g/mol. The van der Waals surface area contributed by atoms with Crippen LogP contribution < -0.4 is 0 Å². The van der Waals surface area contributed by atoms with E-state index in [2.05, 4.69) is 0 Å². The van der Waals surface area contributed by atoms with Crippen LogP contribution in [0.15, 0.2) is 36.4 Å². The van der Waals surface area contributed by atoms with Crippen LogP contribution in [0.2, 0.25) is 0 Å². The zero-order valence-electron chi connectivity index (χ0n) is 10.2. The van der Waals surface area contributed by atoms with Crippen molar-refractivity contribution in [2.24, 2.45) is 0 Å². The number of carboxylic acid groups (broad SMARTS) is 1. The van der Waals surface area contributed by atoms with Gasteiger partial charge in [0, 0.05) is 13.0 Å². The lowest BCUT2D eigenvalue weighted by Crippen LogP contribution is -2.48. The maximum Gasteiger partial charge on any atom is 0.326 e. The summed E-state index contributed by atoms with van der Waals surface area (Å²) in [6, 6.07) is 6.87. The summed E-state index contributed by atoms with van der Waals surface area (Å²) in [5.41, 5.74) is 2.03. The molecule has 0 bridgehead atoms. The second kappa shape index (κ2) is 5.04. The molecular formula is C14H15NO3. The lowest BCUT2D eigenvalue weighted by atomic mass is 9.94. The van der Waals surface area contributed by atoms with Gasteiger partial charge in [-0.2, -0.15) is 0 Å². The Hall–Kier alpha value is -2.10. The van der Waals surface area contributed by atoms with Gasteiger partial charge in [-0.25, -0.2) is 4.79 Å². The topological polar surface area (TPSA) is 57.6 Å². The molecule has 0 saturated carbocycles. The van der Waals surface area contributed by atoms with E-state index in [4.69, 9.17) is 0 Å². The predicted octanol–water partition coefficient (Wildman–Crippen LogP) is 1.60. The van der Waals surface area contributed by atoms with Gasteiger partial charge in [-0.15, -0.1) is 0 Å². The molecule has 0 unspecified atom stereocenters. The first-order valence-corrected chi connectivity index (χ1v) is 5.86. The highest BCUT2D eigenvalue weighted by atomic mass is 16.4. The van der Waals surface area contributed by atoms with Gasteiger partial charge >= 0.3 is 5.97 Å². The predicted molar refractivity (Wildman–Crippen MR) is 66.9 cm³/mol. The van der Waals surface area contributed by atoms with E-state index in [1.165, 1.54) is 11.0 Å². The molecule has 0 radical (unpaired) electrons. The van der Waals surface area contributed by atoms with Gasteiger partial charge in [0.15, 0.2) is 0 Å². The van der Waals surface area contributed by atoms with Crippen molar-refractivity contribution in [1.82, 2.24) is 4.90 Å². The van der Waals surface area contributed by atoms with Gasteiger partial charge < -0.3 is 10.0 Å². The Morgan fingerprint density at radius 3 is 2.61 bits per heavy atom. The molecule has 0 aliphatic carbocycles. The van der Waals surface area contributed by atoms with Crippen LogP contribution in [0.3, 0.4) is 0 Å². The normalized spacial score (nSPS) is 18.7. The molecule has 1 amide bonds. The summed E-state index contributed by atoms with van der Waals surface area (Å²) in [6.45, 7) is 2.10. The fourth-order valence-electron chi connectivity index (χ4n) is 2.21. The molecule has 1 atom stereocenters. The summed E-state index contributed by atoms with van der Waals surface area (Å²) in [6.07, 6.45) is 3.40. The molecule has 4 heteroatoms. The first-order valence-electron chi connectivity index (χ1n) is 5.86. The number of hydrogen-bond donors (Lipinski definition) is 1. The summed E-state index contributed by atoms with van der Waals surface area (Å²) in [5, 5.41) is 9.23. The molecule has 0 saturated heterocycles. The average Bonchev–Trinajstić information content (AvgIpc) is 2.37. The minimum Gasteiger partial charge on any atom is -0.480 e. The molecule has 1 N–H and O–H groups in total. The zero-order valence-corrected chi connectivity index (χ0v) is 10.2. The Labute approximate surface area is 106 Å². The van der Waals surface area contributed by atoms with Crippen LogP contribution in [0.5, 0.6) is 0 Å². The van der Waals surface area contributed by atoms with E-state index in [0.717, 1.165) is 11.1 Å². The zero-order chi connectivity index (χ0) is 13.1. The molecule has 94 valence electrons. The highest BCUT2D eigenvalue weighted by molar-refractivity contribution is 5.91. The lowest BCUT2D eigenvalue weighted by Gasteiger charge is -2.33. The van der Waals surface area contributed by atoms with E-state index in [0.29, 0.717) is 13.0 Å². The maximum absolute atomic E-state index is 11.9. The third kappa shape index (κ3) is 2.27. The van der Waals surface area contributed by atoms with Crippen LogP contribution in [0, 0.1) is 0 Å². The number of aliphatic carboxylic acids is 1. The van der Waals surface area contributed by atoms with Crippen molar-refractivity contribution < 1.29 is 14.7 Å². The standard InChI is InChI=1S/C14H15NO3/c1-2-5-13(16)15-9-11-7-4-3-6-10(11)8-12(15)14(17)18/h2-7,12H,8-9H2,1H3,(H,17,18)/t12-/m1/s1. The first-order chi connectivity index (χ1) is 8.63. The maximum atomic E-state index is 11.9. The van der Waals surface area contributed by atoms with E-state index in [-0.39, 0.29) is 5.91 Å². The number of nitrogens with zero attached hydrogens (tertiary/aromatic N) is 1. The minimum atomic E-state index is -0.956. The van der Waals surface area contributed by atoms with Crippen LogP contribution in [0.25, 0.3) is 0 Å². The molecule has 0 aromatic heterocycles. The third-order valence-electron chi connectivity index (χ3n) is 3.13. The van der Waals surface area contributed by atoms with Crippen LogP contribution in [0.1, 0.15) is 18.1 Å². The van der Waals surface area contributed by atoms with E-state index < -0.39 is 12.0 Å². The Balaban J connectivity index is 2.34. The molecule has 1 aromatic rings. The summed E-state index contributed by atoms with van der Waals surface area (Å²) < 4.78 is 0. The number of allylic oxidation sites excluding steroid dienone is 1. The number of carbonyl (C=O) groups excluding carboxylic acids is 1. The van der Waals surface area contributed by atoms with Crippen molar-refractivity contribution in [3.63, 3.8) is 0 Å². The number of carboxylic acids is 1. The fraction of sp³-hybridized carbons (Fsp3) is 0.286. The number of hydrogen-bond acceptors (Lipinski definition) is 2. The van der Waals surface area contributed by atoms with Gasteiger partial charge in [-0.05, 0) is 24.1 Å². The van der Waals surface area contributed by atoms with Gasteiger partial charge in [0.05, 0.1) is 0 Å². The molecule has 1 aliphatic rings. The van der Waals surface area contributed by atoms with Gasteiger partial charge in [-0.1, -0.05) is 30.3 Å². The Morgan fingerprint density at radius 1 is 1.33 bits per heavy atom. The highest BCUT2D eigenvalue weighted by Crippen LogP contribution is 2.23. The number of carbonyl (C=O) groups is 2.